The van der Waals surface area contributed by atoms with Crippen LogP contribution in [-0.2, 0) is 21.0 Å². The fourth-order valence-electron chi connectivity index (χ4n) is 2.21. The molecule has 0 saturated carbocycles. The Bertz CT molecular complexity index is 673. The van der Waals surface area contributed by atoms with Gasteiger partial charge in [-0.05, 0) is 30.7 Å². The molecule has 1 aromatic rings. The molecule has 0 aliphatic carbocycles. The monoisotopic (exact) mass is 380 g/mol. The maximum atomic E-state index is 12.6. The lowest BCUT2D eigenvalue weighted by atomic mass is 10.2. The summed E-state index contributed by atoms with van der Waals surface area (Å²) < 4.78 is 62.7. The second-order valence-electron chi connectivity index (χ2n) is 5.80. The van der Waals surface area contributed by atoms with E-state index in [0.29, 0.717) is 6.54 Å². The highest BCUT2D eigenvalue weighted by atomic mass is 32.2. The summed E-state index contributed by atoms with van der Waals surface area (Å²) in [5, 5.41) is 0. The van der Waals surface area contributed by atoms with Crippen molar-refractivity contribution in [1.29, 1.82) is 0 Å². The van der Waals surface area contributed by atoms with Gasteiger partial charge < -0.3 is 4.90 Å². The number of carbonyl (C=O) groups excluding carboxylic acids is 1. The topological polar surface area (TPSA) is 57.7 Å². The zero-order valence-electron chi connectivity index (χ0n) is 14.5. The van der Waals surface area contributed by atoms with Crippen LogP contribution in [0.15, 0.2) is 24.3 Å². The summed E-state index contributed by atoms with van der Waals surface area (Å²) in [5.41, 5.74) is -0.764. The molecule has 0 spiro atoms. The fraction of sp³-hybridized carbons (Fsp3) is 0.562. The number of benzene rings is 1. The summed E-state index contributed by atoms with van der Waals surface area (Å²) in [7, 11) is -2.08. The van der Waals surface area contributed by atoms with Crippen LogP contribution >= 0.6 is 0 Å². The molecule has 0 bridgehead atoms. The van der Waals surface area contributed by atoms with E-state index >= 15 is 0 Å². The second-order valence-corrected chi connectivity index (χ2v) is 7.71. The van der Waals surface area contributed by atoms with Crippen LogP contribution in [0.3, 0.4) is 0 Å². The van der Waals surface area contributed by atoms with Gasteiger partial charge in [0, 0.05) is 26.6 Å². The summed E-state index contributed by atoms with van der Waals surface area (Å²) in [4.78, 5) is 13.6. The van der Waals surface area contributed by atoms with E-state index in [4.69, 9.17) is 0 Å². The van der Waals surface area contributed by atoms with Crippen molar-refractivity contribution in [3.05, 3.63) is 29.8 Å². The Kier molecular flexibility index (Phi) is 7.28. The number of alkyl halides is 3. The number of amides is 1. The summed E-state index contributed by atoms with van der Waals surface area (Å²) in [5.74, 6) is -0.214. The minimum absolute atomic E-state index is 0.0473. The minimum atomic E-state index is -4.49. The zero-order valence-corrected chi connectivity index (χ0v) is 15.3. The Hall–Kier alpha value is -1.77. The number of anilines is 1. The molecule has 0 aliphatic heterocycles. The molecule has 0 unspecified atom stereocenters. The van der Waals surface area contributed by atoms with E-state index in [2.05, 4.69) is 0 Å². The van der Waals surface area contributed by atoms with Gasteiger partial charge in [-0.2, -0.15) is 13.2 Å². The molecule has 0 aliphatic rings. The molecule has 0 fully saturated rings. The van der Waals surface area contributed by atoms with Gasteiger partial charge in [0.25, 0.3) is 0 Å². The number of halogens is 3. The lowest BCUT2D eigenvalue weighted by Gasteiger charge is -2.24. The standard InChI is InChI=1S/C16H23F3N2O3S/c1-4-5-11-20(2)15(22)10-12-21(25(3,23)24)14-8-6-13(7-9-14)16(17,18)19/h6-9H,4-5,10-12H2,1-3H3. The van der Waals surface area contributed by atoms with Gasteiger partial charge in [-0.15, -0.1) is 0 Å². The molecule has 1 amide bonds. The van der Waals surface area contributed by atoms with E-state index in [1.165, 1.54) is 4.90 Å². The van der Waals surface area contributed by atoms with Crippen molar-refractivity contribution in [2.75, 3.05) is 30.7 Å². The quantitative estimate of drug-likeness (QED) is 0.696. The molecule has 1 rings (SSSR count). The second kappa shape index (κ2) is 8.55. The van der Waals surface area contributed by atoms with Gasteiger partial charge in [-0.1, -0.05) is 13.3 Å². The zero-order chi connectivity index (χ0) is 19.3. The number of nitrogens with zero attached hydrogens (tertiary/aromatic N) is 2. The summed E-state index contributed by atoms with van der Waals surface area (Å²) >= 11 is 0. The van der Waals surface area contributed by atoms with Crippen molar-refractivity contribution in [1.82, 2.24) is 4.90 Å². The third-order valence-electron chi connectivity index (χ3n) is 3.68. The highest BCUT2D eigenvalue weighted by Gasteiger charge is 2.30. The molecular weight excluding hydrogens is 357 g/mol. The normalized spacial score (nSPS) is 12.1. The first-order valence-corrected chi connectivity index (χ1v) is 9.70. The van der Waals surface area contributed by atoms with Crippen LogP contribution in [0.4, 0.5) is 18.9 Å². The largest absolute Gasteiger partial charge is 0.416 e. The number of hydrogen-bond acceptors (Lipinski definition) is 3. The predicted molar refractivity (Wildman–Crippen MR) is 90.8 cm³/mol. The molecule has 1 aromatic carbocycles. The number of hydrogen-bond donors (Lipinski definition) is 0. The van der Waals surface area contributed by atoms with Gasteiger partial charge in [-0.3, -0.25) is 9.10 Å². The molecule has 25 heavy (non-hydrogen) atoms. The van der Waals surface area contributed by atoms with E-state index in [1.807, 2.05) is 6.92 Å². The fourth-order valence-corrected chi connectivity index (χ4v) is 3.14. The van der Waals surface area contributed by atoms with Crippen LogP contribution in [0.2, 0.25) is 0 Å². The number of rotatable bonds is 8. The van der Waals surface area contributed by atoms with Crippen LogP contribution in [0, 0.1) is 0 Å². The van der Waals surface area contributed by atoms with Crippen LogP contribution in [0.25, 0.3) is 0 Å². The van der Waals surface area contributed by atoms with Gasteiger partial charge in [-0.25, -0.2) is 8.42 Å². The van der Waals surface area contributed by atoms with E-state index in [9.17, 15) is 26.4 Å². The van der Waals surface area contributed by atoms with Crippen molar-refractivity contribution in [2.45, 2.75) is 32.4 Å². The van der Waals surface area contributed by atoms with Crippen molar-refractivity contribution < 1.29 is 26.4 Å². The minimum Gasteiger partial charge on any atom is -0.346 e. The van der Waals surface area contributed by atoms with Crippen LogP contribution < -0.4 is 4.31 Å². The SMILES string of the molecule is CCCCN(C)C(=O)CCN(c1ccc(C(F)(F)F)cc1)S(C)(=O)=O. The lowest BCUT2D eigenvalue weighted by Crippen LogP contribution is -2.35. The molecule has 5 nitrogen and oxygen atoms in total. The Balaban J connectivity index is 2.88. The first-order chi connectivity index (χ1) is 11.5. The van der Waals surface area contributed by atoms with Crippen molar-refractivity contribution in [3.63, 3.8) is 0 Å². The van der Waals surface area contributed by atoms with Gasteiger partial charge in [0.1, 0.15) is 0 Å². The highest BCUT2D eigenvalue weighted by molar-refractivity contribution is 7.92. The van der Waals surface area contributed by atoms with E-state index < -0.39 is 21.8 Å². The Morgan fingerprint density at radius 2 is 1.68 bits per heavy atom. The molecule has 0 atom stereocenters. The maximum absolute atomic E-state index is 12.6. The molecule has 142 valence electrons. The smallest absolute Gasteiger partial charge is 0.346 e. The molecule has 9 heteroatoms. The van der Waals surface area contributed by atoms with Crippen LogP contribution in [0.1, 0.15) is 31.7 Å². The van der Waals surface area contributed by atoms with Gasteiger partial charge in [0.2, 0.25) is 15.9 Å². The average Bonchev–Trinajstić information content (AvgIpc) is 2.50. The van der Waals surface area contributed by atoms with Gasteiger partial charge >= 0.3 is 6.18 Å². The first kappa shape index (κ1) is 21.3. The highest BCUT2D eigenvalue weighted by Crippen LogP contribution is 2.31. The average molecular weight is 380 g/mol. The summed E-state index contributed by atoms with van der Waals surface area (Å²) in [6.45, 7) is 2.45. The molecule has 0 radical (unpaired) electrons. The third-order valence-corrected chi connectivity index (χ3v) is 4.88. The van der Waals surface area contributed by atoms with E-state index in [1.54, 1.807) is 7.05 Å². The van der Waals surface area contributed by atoms with Crippen molar-refractivity contribution in [2.24, 2.45) is 0 Å². The first-order valence-electron chi connectivity index (χ1n) is 7.85. The van der Waals surface area contributed by atoms with Crippen molar-refractivity contribution >= 4 is 21.6 Å². The Morgan fingerprint density at radius 3 is 2.12 bits per heavy atom. The molecular formula is C16H23F3N2O3S. The van der Waals surface area contributed by atoms with Gasteiger partial charge in [0.15, 0.2) is 0 Å². The number of carbonyl (C=O) groups is 1. The lowest BCUT2D eigenvalue weighted by molar-refractivity contribution is -0.137. The van der Waals surface area contributed by atoms with Gasteiger partial charge in [0.05, 0.1) is 17.5 Å². The number of sulfonamides is 1. The predicted octanol–water partition coefficient (Wildman–Crippen LogP) is 3.12. The van der Waals surface area contributed by atoms with E-state index in [0.717, 1.165) is 47.7 Å². The molecule has 0 heterocycles. The van der Waals surface area contributed by atoms with E-state index in [-0.39, 0.29) is 24.6 Å². The number of unbranched alkanes of at least 4 members (excludes halogenated alkanes) is 1. The third kappa shape index (κ3) is 6.56. The summed E-state index contributed by atoms with van der Waals surface area (Å²) in [6, 6.07) is 3.83. The van der Waals surface area contributed by atoms with Crippen molar-refractivity contribution in [3.8, 4) is 0 Å². The Labute approximate surface area is 146 Å². The Morgan fingerprint density at radius 1 is 1.12 bits per heavy atom. The molecule has 0 N–H and O–H groups in total. The van der Waals surface area contributed by atoms with Crippen LogP contribution in [0.5, 0.6) is 0 Å². The molecule has 0 aromatic heterocycles. The maximum Gasteiger partial charge on any atom is 0.416 e. The van der Waals surface area contributed by atoms with Crippen LogP contribution in [-0.4, -0.2) is 45.6 Å². The molecule has 0 saturated heterocycles. The summed E-state index contributed by atoms with van der Waals surface area (Å²) in [6.07, 6.45) is -1.81.